The molecule has 0 fully saturated rings. The Morgan fingerprint density at radius 3 is 2.47 bits per heavy atom. The Bertz CT molecular complexity index is 496. The second kappa shape index (κ2) is 6.69. The highest BCUT2D eigenvalue weighted by molar-refractivity contribution is 6.29. The van der Waals surface area contributed by atoms with Crippen molar-refractivity contribution in [2.75, 3.05) is 0 Å². The van der Waals surface area contributed by atoms with Gasteiger partial charge in [-0.3, -0.25) is 0 Å². The molecule has 1 heterocycles. The Hall–Kier alpha value is -1.38. The molecule has 2 aromatic rings. The quantitative estimate of drug-likeness (QED) is 0.833. The van der Waals surface area contributed by atoms with E-state index in [1.54, 1.807) is 0 Å². The molecule has 100 valence electrons. The number of hydrogen-bond donors (Lipinski definition) is 1. The van der Waals surface area contributed by atoms with Gasteiger partial charge in [-0.15, -0.1) is 0 Å². The van der Waals surface area contributed by atoms with E-state index in [4.69, 9.17) is 11.6 Å². The van der Waals surface area contributed by atoms with Crippen LogP contribution in [0.2, 0.25) is 5.15 Å². The predicted octanol–water partition coefficient (Wildman–Crippen LogP) is 4.02. The first-order chi connectivity index (χ1) is 9.16. The minimum absolute atomic E-state index is 0.401. The van der Waals surface area contributed by atoms with Crippen LogP contribution in [0.1, 0.15) is 30.9 Å². The second-order valence-corrected chi connectivity index (χ2v) is 5.25. The minimum Gasteiger partial charge on any atom is -0.310 e. The Balaban J connectivity index is 1.90. The summed E-state index contributed by atoms with van der Waals surface area (Å²) in [6.45, 7) is 5.26. The molecule has 0 aliphatic rings. The van der Waals surface area contributed by atoms with Gasteiger partial charge in [0.15, 0.2) is 0 Å². The van der Waals surface area contributed by atoms with E-state index in [1.165, 1.54) is 5.56 Å². The third-order valence-corrected chi connectivity index (χ3v) is 3.72. The van der Waals surface area contributed by atoms with Crippen LogP contribution < -0.4 is 5.32 Å². The molecule has 3 heteroatoms. The average molecular weight is 275 g/mol. The zero-order valence-corrected chi connectivity index (χ0v) is 12.1. The van der Waals surface area contributed by atoms with Crippen molar-refractivity contribution in [2.24, 2.45) is 0 Å². The van der Waals surface area contributed by atoms with Crippen LogP contribution in [0.25, 0.3) is 0 Å². The van der Waals surface area contributed by atoms with Gasteiger partial charge >= 0.3 is 0 Å². The van der Waals surface area contributed by atoms with Crippen LogP contribution in [-0.2, 0) is 6.54 Å². The molecule has 19 heavy (non-hydrogen) atoms. The normalized spacial score (nSPS) is 14.1. The summed E-state index contributed by atoms with van der Waals surface area (Å²) in [4.78, 5) is 4.09. The zero-order valence-electron chi connectivity index (χ0n) is 11.3. The van der Waals surface area contributed by atoms with Gasteiger partial charge in [0.25, 0.3) is 0 Å². The number of aromatic nitrogens is 1. The van der Waals surface area contributed by atoms with Crippen molar-refractivity contribution < 1.29 is 0 Å². The van der Waals surface area contributed by atoms with E-state index in [9.17, 15) is 0 Å². The van der Waals surface area contributed by atoms with Gasteiger partial charge < -0.3 is 5.32 Å². The third-order valence-electron chi connectivity index (χ3n) is 3.49. The number of halogens is 1. The van der Waals surface area contributed by atoms with E-state index in [1.807, 2.05) is 24.4 Å². The standard InChI is InChI=1S/C16H19ClN2/c1-12(15-6-4-3-5-7-15)13(2)18-10-14-8-9-16(17)19-11-14/h3-9,11-13,18H,10H2,1-2H3/t12-,13-/m0/s1. The third kappa shape index (κ3) is 4.05. The van der Waals surface area contributed by atoms with Crippen molar-refractivity contribution in [3.05, 3.63) is 64.9 Å². The molecule has 2 rings (SSSR count). The number of rotatable bonds is 5. The first kappa shape index (κ1) is 14.0. The smallest absolute Gasteiger partial charge is 0.129 e. The highest BCUT2D eigenvalue weighted by Gasteiger charge is 2.13. The Morgan fingerprint density at radius 1 is 1.11 bits per heavy atom. The Morgan fingerprint density at radius 2 is 1.84 bits per heavy atom. The van der Waals surface area contributed by atoms with Crippen LogP contribution in [0.4, 0.5) is 0 Å². The summed E-state index contributed by atoms with van der Waals surface area (Å²) in [7, 11) is 0. The molecule has 1 N–H and O–H groups in total. The maximum absolute atomic E-state index is 5.77. The number of pyridine rings is 1. The molecule has 0 saturated carbocycles. The Kier molecular flexibility index (Phi) is 4.94. The summed E-state index contributed by atoms with van der Waals surface area (Å²) in [5.41, 5.74) is 2.51. The van der Waals surface area contributed by atoms with E-state index < -0.39 is 0 Å². The van der Waals surface area contributed by atoms with Crippen LogP contribution in [0.5, 0.6) is 0 Å². The van der Waals surface area contributed by atoms with Gasteiger partial charge in [0.05, 0.1) is 0 Å². The van der Waals surface area contributed by atoms with Crippen molar-refractivity contribution in [3.8, 4) is 0 Å². The second-order valence-electron chi connectivity index (χ2n) is 4.86. The lowest BCUT2D eigenvalue weighted by molar-refractivity contribution is 0.480. The lowest BCUT2D eigenvalue weighted by Gasteiger charge is -2.21. The van der Waals surface area contributed by atoms with Gasteiger partial charge in [-0.2, -0.15) is 0 Å². The maximum Gasteiger partial charge on any atom is 0.129 e. The van der Waals surface area contributed by atoms with E-state index in [0.717, 1.165) is 12.1 Å². The van der Waals surface area contributed by atoms with Gasteiger partial charge in [-0.1, -0.05) is 54.9 Å². The Labute approximate surface area is 119 Å². The molecule has 0 aliphatic heterocycles. The van der Waals surface area contributed by atoms with E-state index >= 15 is 0 Å². The van der Waals surface area contributed by atoms with Gasteiger partial charge in [0.1, 0.15) is 5.15 Å². The predicted molar refractivity (Wildman–Crippen MR) is 80.4 cm³/mol. The van der Waals surface area contributed by atoms with Gasteiger partial charge in [-0.05, 0) is 30.0 Å². The van der Waals surface area contributed by atoms with Crippen LogP contribution in [-0.4, -0.2) is 11.0 Å². The largest absolute Gasteiger partial charge is 0.310 e. The minimum atomic E-state index is 0.401. The summed E-state index contributed by atoms with van der Waals surface area (Å²) < 4.78 is 0. The molecule has 0 amide bonds. The van der Waals surface area contributed by atoms with Gasteiger partial charge in [0.2, 0.25) is 0 Å². The number of nitrogens with zero attached hydrogens (tertiary/aromatic N) is 1. The molecule has 2 nitrogen and oxygen atoms in total. The molecular formula is C16H19ClN2. The van der Waals surface area contributed by atoms with Crippen LogP contribution in [0.3, 0.4) is 0 Å². The molecule has 1 aromatic carbocycles. The molecule has 0 unspecified atom stereocenters. The summed E-state index contributed by atoms with van der Waals surface area (Å²) in [5.74, 6) is 0.474. The molecule has 0 bridgehead atoms. The monoisotopic (exact) mass is 274 g/mol. The van der Waals surface area contributed by atoms with Crippen molar-refractivity contribution in [1.82, 2.24) is 10.3 Å². The molecule has 0 spiro atoms. The van der Waals surface area contributed by atoms with Crippen LogP contribution in [0.15, 0.2) is 48.7 Å². The summed E-state index contributed by atoms with van der Waals surface area (Å²) >= 11 is 5.77. The van der Waals surface area contributed by atoms with Crippen molar-refractivity contribution in [2.45, 2.75) is 32.4 Å². The highest BCUT2D eigenvalue weighted by Crippen LogP contribution is 2.18. The fourth-order valence-electron chi connectivity index (χ4n) is 2.01. The number of nitrogens with one attached hydrogen (secondary N) is 1. The van der Waals surface area contributed by atoms with Crippen molar-refractivity contribution in [3.63, 3.8) is 0 Å². The molecule has 0 aliphatic carbocycles. The van der Waals surface area contributed by atoms with E-state index in [0.29, 0.717) is 17.1 Å². The summed E-state index contributed by atoms with van der Waals surface area (Å²) in [6.07, 6.45) is 1.81. The SMILES string of the molecule is C[C@H](NCc1ccc(Cl)nc1)[C@H](C)c1ccccc1. The summed E-state index contributed by atoms with van der Waals surface area (Å²) in [6, 6.07) is 14.8. The van der Waals surface area contributed by atoms with Crippen molar-refractivity contribution >= 4 is 11.6 Å². The van der Waals surface area contributed by atoms with Crippen LogP contribution in [0, 0.1) is 0 Å². The summed E-state index contributed by atoms with van der Waals surface area (Å²) in [5, 5.41) is 4.07. The van der Waals surface area contributed by atoms with Crippen LogP contribution >= 0.6 is 11.6 Å². The number of hydrogen-bond acceptors (Lipinski definition) is 2. The fourth-order valence-corrected chi connectivity index (χ4v) is 2.12. The first-order valence-electron chi connectivity index (χ1n) is 6.55. The molecular weight excluding hydrogens is 256 g/mol. The van der Waals surface area contributed by atoms with Crippen molar-refractivity contribution in [1.29, 1.82) is 0 Å². The average Bonchev–Trinajstić information content (AvgIpc) is 2.46. The molecule has 0 radical (unpaired) electrons. The van der Waals surface area contributed by atoms with E-state index in [-0.39, 0.29) is 0 Å². The van der Waals surface area contributed by atoms with Gasteiger partial charge in [-0.25, -0.2) is 4.98 Å². The maximum atomic E-state index is 5.77. The highest BCUT2D eigenvalue weighted by atomic mass is 35.5. The molecule has 0 saturated heterocycles. The van der Waals surface area contributed by atoms with Gasteiger partial charge in [0, 0.05) is 18.8 Å². The lowest BCUT2D eigenvalue weighted by Crippen LogP contribution is -2.30. The molecule has 1 aromatic heterocycles. The molecule has 2 atom stereocenters. The zero-order chi connectivity index (χ0) is 13.7. The lowest BCUT2D eigenvalue weighted by atomic mass is 9.94. The van der Waals surface area contributed by atoms with E-state index in [2.05, 4.69) is 48.4 Å². The fraction of sp³-hybridized carbons (Fsp3) is 0.312. The first-order valence-corrected chi connectivity index (χ1v) is 6.93. The topological polar surface area (TPSA) is 24.9 Å². The number of benzene rings is 1.